The van der Waals surface area contributed by atoms with Crippen LogP contribution in [0.15, 0.2) is 24.3 Å². The molecule has 4 nitrogen and oxygen atoms in total. The van der Waals surface area contributed by atoms with Crippen molar-refractivity contribution < 1.29 is 18.9 Å². The van der Waals surface area contributed by atoms with Crippen LogP contribution in [0.2, 0.25) is 0 Å². The van der Waals surface area contributed by atoms with Crippen molar-refractivity contribution in [2.24, 2.45) is 0 Å². The second-order valence-electron chi connectivity index (χ2n) is 4.98. The molecular formula is C20H16O4. The minimum atomic E-state index is 0.584. The Morgan fingerprint density at radius 2 is 1.12 bits per heavy atom. The molecule has 0 aromatic heterocycles. The molecule has 1 aliphatic rings. The van der Waals surface area contributed by atoms with Crippen molar-refractivity contribution in [1.29, 1.82) is 0 Å². The Kier molecular flexibility index (Phi) is 4.22. The summed E-state index contributed by atoms with van der Waals surface area (Å²) in [6, 6.07) is 7.37. The van der Waals surface area contributed by atoms with Crippen molar-refractivity contribution in [3.8, 4) is 46.7 Å². The molecule has 0 amide bonds. The number of hydrogen-bond donors (Lipinski definition) is 0. The van der Waals surface area contributed by atoms with Gasteiger partial charge in [0.05, 0.1) is 34.0 Å². The van der Waals surface area contributed by atoms with Gasteiger partial charge < -0.3 is 18.9 Å². The first-order chi connectivity index (χ1) is 11.7. The van der Waals surface area contributed by atoms with Gasteiger partial charge in [0.15, 0.2) is 23.0 Å². The van der Waals surface area contributed by atoms with E-state index >= 15 is 0 Å². The molecule has 1 aliphatic carbocycles. The normalized spacial score (nSPS) is 10.5. The predicted molar refractivity (Wildman–Crippen MR) is 91.1 cm³/mol. The fourth-order valence-electron chi connectivity index (χ4n) is 2.51. The van der Waals surface area contributed by atoms with Gasteiger partial charge in [-0.1, -0.05) is 23.7 Å². The summed E-state index contributed by atoms with van der Waals surface area (Å²) in [5, 5.41) is 0. The molecule has 2 aromatic carbocycles. The summed E-state index contributed by atoms with van der Waals surface area (Å²) in [5.74, 6) is 15.1. The summed E-state index contributed by atoms with van der Waals surface area (Å²) in [6.45, 7) is 0. The van der Waals surface area contributed by atoms with E-state index in [1.807, 2.05) is 24.3 Å². The molecule has 0 N–H and O–H groups in total. The highest BCUT2D eigenvalue weighted by molar-refractivity contribution is 5.69. The molecule has 0 aliphatic heterocycles. The van der Waals surface area contributed by atoms with Gasteiger partial charge >= 0.3 is 0 Å². The first-order valence-electron chi connectivity index (χ1n) is 7.26. The van der Waals surface area contributed by atoms with E-state index in [9.17, 15) is 0 Å². The molecule has 3 rings (SSSR count). The summed E-state index contributed by atoms with van der Waals surface area (Å²) in [7, 11) is 6.38. The van der Waals surface area contributed by atoms with Crippen LogP contribution < -0.4 is 18.9 Å². The highest BCUT2D eigenvalue weighted by atomic mass is 16.5. The highest BCUT2D eigenvalue weighted by Gasteiger charge is 2.15. The van der Waals surface area contributed by atoms with E-state index in [0.717, 1.165) is 16.7 Å². The van der Waals surface area contributed by atoms with Crippen LogP contribution >= 0.6 is 0 Å². The quantitative estimate of drug-likeness (QED) is 0.693. The van der Waals surface area contributed by atoms with Crippen LogP contribution in [-0.4, -0.2) is 28.4 Å². The van der Waals surface area contributed by atoms with Gasteiger partial charge in [0.1, 0.15) is 0 Å². The molecule has 0 radical (unpaired) electrons. The molecule has 0 fully saturated rings. The van der Waals surface area contributed by atoms with Crippen LogP contribution in [0, 0.1) is 23.7 Å². The predicted octanol–water partition coefficient (Wildman–Crippen LogP) is 2.83. The Balaban J connectivity index is 2.22. The Bertz CT molecular complexity index is 913. The summed E-state index contributed by atoms with van der Waals surface area (Å²) in [6.07, 6.45) is 0. The minimum absolute atomic E-state index is 0.584. The summed E-state index contributed by atoms with van der Waals surface area (Å²) in [5.41, 5.74) is 3.07. The van der Waals surface area contributed by atoms with Gasteiger partial charge in [-0.2, -0.15) is 0 Å². The third-order valence-corrected chi connectivity index (χ3v) is 3.72. The molecule has 0 heterocycles. The van der Waals surface area contributed by atoms with Gasteiger partial charge in [0.2, 0.25) is 0 Å². The van der Waals surface area contributed by atoms with E-state index in [4.69, 9.17) is 18.9 Å². The fourth-order valence-corrected chi connectivity index (χ4v) is 2.51. The van der Waals surface area contributed by atoms with Crippen molar-refractivity contribution >= 4 is 0 Å². The summed E-state index contributed by atoms with van der Waals surface area (Å²) < 4.78 is 21.5. The molecule has 120 valence electrons. The first kappa shape index (κ1) is 15.6. The molecule has 0 unspecified atom stereocenters. The monoisotopic (exact) mass is 320 g/mol. The van der Waals surface area contributed by atoms with Gasteiger partial charge in [0.25, 0.3) is 0 Å². The lowest BCUT2D eigenvalue weighted by Crippen LogP contribution is -1.98. The van der Waals surface area contributed by atoms with Gasteiger partial charge in [-0.25, -0.2) is 0 Å². The zero-order valence-corrected chi connectivity index (χ0v) is 13.9. The summed E-state index contributed by atoms with van der Waals surface area (Å²) in [4.78, 5) is 0. The van der Waals surface area contributed by atoms with Crippen molar-refractivity contribution in [3.63, 3.8) is 0 Å². The third-order valence-electron chi connectivity index (χ3n) is 3.72. The standard InChI is InChI=1S/C20H16O4/c1-21-17-10-8-13-5-6-14-11-18(22-2)19(23-3)12-15(14)7-9-16(13)20(17)24-4/h8,10-12H,1-4H3. The second-order valence-corrected chi connectivity index (χ2v) is 4.98. The van der Waals surface area contributed by atoms with Crippen LogP contribution in [0.5, 0.6) is 23.0 Å². The average molecular weight is 320 g/mol. The zero-order valence-electron chi connectivity index (χ0n) is 13.9. The van der Waals surface area contributed by atoms with Gasteiger partial charge in [-0.15, -0.1) is 0 Å². The molecule has 0 atom stereocenters. The van der Waals surface area contributed by atoms with Crippen LogP contribution in [-0.2, 0) is 0 Å². The van der Waals surface area contributed by atoms with Gasteiger partial charge in [-0.05, 0) is 12.1 Å². The van der Waals surface area contributed by atoms with Crippen LogP contribution in [0.4, 0.5) is 0 Å². The Labute approximate surface area is 141 Å². The van der Waals surface area contributed by atoms with E-state index in [2.05, 4.69) is 23.7 Å². The lowest BCUT2D eigenvalue weighted by atomic mass is 10.00. The number of fused-ring (bicyclic) bond motifs is 2. The smallest absolute Gasteiger partial charge is 0.177 e. The van der Waals surface area contributed by atoms with Crippen LogP contribution in [0.3, 0.4) is 0 Å². The Morgan fingerprint density at radius 3 is 1.67 bits per heavy atom. The molecule has 0 saturated carbocycles. The van der Waals surface area contributed by atoms with Crippen molar-refractivity contribution in [1.82, 2.24) is 0 Å². The maximum Gasteiger partial charge on any atom is 0.177 e. The number of hydrogen-bond acceptors (Lipinski definition) is 4. The maximum absolute atomic E-state index is 5.46. The number of ether oxygens (including phenoxy) is 4. The first-order valence-corrected chi connectivity index (χ1v) is 7.26. The fraction of sp³-hybridized carbons (Fsp3) is 0.200. The molecule has 0 bridgehead atoms. The van der Waals surface area contributed by atoms with Crippen LogP contribution in [0.25, 0.3) is 0 Å². The largest absolute Gasteiger partial charge is 0.493 e. The third kappa shape index (κ3) is 2.59. The highest BCUT2D eigenvalue weighted by Crippen LogP contribution is 2.34. The van der Waals surface area contributed by atoms with E-state index in [-0.39, 0.29) is 0 Å². The lowest BCUT2D eigenvalue weighted by molar-refractivity contribution is 0.354. The van der Waals surface area contributed by atoms with Crippen molar-refractivity contribution in [3.05, 3.63) is 46.5 Å². The van der Waals surface area contributed by atoms with E-state index in [1.54, 1.807) is 28.4 Å². The Morgan fingerprint density at radius 1 is 0.583 bits per heavy atom. The SMILES string of the molecule is COc1cc2c(cc1OC)C#Cc1c(ccc(OC)c1OC)C#C2. The van der Waals surface area contributed by atoms with E-state index in [1.165, 1.54) is 0 Å². The maximum atomic E-state index is 5.46. The van der Waals surface area contributed by atoms with Gasteiger partial charge in [-0.3, -0.25) is 0 Å². The van der Waals surface area contributed by atoms with E-state index in [0.29, 0.717) is 28.6 Å². The molecule has 0 spiro atoms. The minimum Gasteiger partial charge on any atom is -0.493 e. The number of methoxy groups -OCH3 is 4. The number of benzene rings is 2. The van der Waals surface area contributed by atoms with Crippen molar-refractivity contribution in [2.75, 3.05) is 28.4 Å². The van der Waals surface area contributed by atoms with Crippen LogP contribution in [0.1, 0.15) is 22.3 Å². The second kappa shape index (κ2) is 6.48. The molecule has 2 aromatic rings. The topological polar surface area (TPSA) is 36.9 Å². The molecule has 0 saturated heterocycles. The zero-order chi connectivity index (χ0) is 17.1. The van der Waals surface area contributed by atoms with Gasteiger partial charge in [0, 0.05) is 28.8 Å². The number of rotatable bonds is 4. The lowest BCUT2D eigenvalue weighted by Gasteiger charge is -2.12. The average Bonchev–Trinajstić information content (AvgIpc) is 2.61. The summed E-state index contributed by atoms with van der Waals surface area (Å²) >= 11 is 0. The molecule has 4 heteroatoms. The molecular weight excluding hydrogens is 304 g/mol. The molecule has 24 heavy (non-hydrogen) atoms. The Hall–Kier alpha value is -3.24. The van der Waals surface area contributed by atoms with E-state index < -0.39 is 0 Å². The van der Waals surface area contributed by atoms with Crippen molar-refractivity contribution in [2.45, 2.75) is 0 Å².